The average Bonchev–Trinajstić information content (AvgIpc) is 2.80. The third kappa shape index (κ3) is 2.83. The van der Waals surface area contributed by atoms with Gasteiger partial charge in [0.2, 0.25) is 0 Å². The van der Waals surface area contributed by atoms with Gasteiger partial charge in [0, 0.05) is 10.9 Å². The Kier molecular flexibility index (Phi) is 3.88. The monoisotopic (exact) mass is 288 g/mol. The number of nitrogens with one attached hydrogen (secondary N) is 1. The van der Waals surface area contributed by atoms with Crippen molar-refractivity contribution in [2.75, 3.05) is 5.32 Å². The Morgan fingerprint density at radius 1 is 1.39 bits per heavy atom. The smallest absolute Gasteiger partial charge is 0.257 e. The van der Waals surface area contributed by atoms with Crippen molar-refractivity contribution < 1.29 is 13.6 Å². The molecule has 2 aromatic rings. The van der Waals surface area contributed by atoms with Crippen molar-refractivity contribution in [1.82, 2.24) is 4.98 Å². The van der Waals surface area contributed by atoms with E-state index in [2.05, 4.69) is 10.3 Å². The van der Waals surface area contributed by atoms with E-state index in [4.69, 9.17) is 11.6 Å². The van der Waals surface area contributed by atoms with E-state index in [9.17, 15) is 13.6 Å². The van der Waals surface area contributed by atoms with Crippen LogP contribution >= 0.6 is 22.9 Å². The Hall–Kier alpha value is -1.53. The van der Waals surface area contributed by atoms with Gasteiger partial charge < -0.3 is 0 Å². The molecule has 94 valence electrons. The van der Waals surface area contributed by atoms with E-state index in [1.165, 1.54) is 17.4 Å². The normalized spacial score (nSPS) is 10.4. The van der Waals surface area contributed by atoms with Gasteiger partial charge in [-0.1, -0.05) is 0 Å². The van der Waals surface area contributed by atoms with Crippen LogP contribution in [0.5, 0.6) is 0 Å². The summed E-state index contributed by atoms with van der Waals surface area (Å²) < 4.78 is 25.7. The maximum Gasteiger partial charge on any atom is 0.257 e. The Morgan fingerprint density at radius 3 is 2.78 bits per heavy atom. The van der Waals surface area contributed by atoms with Crippen molar-refractivity contribution in [1.29, 1.82) is 0 Å². The van der Waals surface area contributed by atoms with Crippen molar-refractivity contribution in [2.45, 2.75) is 5.88 Å². The predicted molar refractivity (Wildman–Crippen MR) is 66.0 cm³/mol. The second-order valence-corrected chi connectivity index (χ2v) is 4.49. The molecule has 1 amide bonds. The van der Waals surface area contributed by atoms with E-state index in [0.29, 0.717) is 10.8 Å². The minimum Gasteiger partial charge on any atom is -0.298 e. The minimum atomic E-state index is -1.07. The molecule has 18 heavy (non-hydrogen) atoms. The Bertz CT molecular complexity index is 588. The summed E-state index contributed by atoms with van der Waals surface area (Å²) in [6.07, 6.45) is 0. The lowest BCUT2D eigenvalue weighted by Gasteiger charge is -2.02. The molecule has 0 aliphatic heterocycles. The number of aromatic nitrogens is 1. The van der Waals surface area contributed by atoms with Gasteiger partial charge in [0.15, 0.2) is 16.8 Å². The maximum absolute atomic E-state index is 13.0. The van der Waals surface area contributed by atoms with Crippen LogP contribution in [0, 0.1) is 11.6 Å². The summed E-state index contributed by atoms with van der Waals surface area (Å²) >= 11 is 6.78. The summed E-state index contributed by atoms with van der Waals surface area (Å²) in [4.78, 5) is 15.7. The van der Waals surface area contributed by atoms with E-state index in [-0.39, 0.29) is 11.4 Å². The van der Waals surface area contributed by atoms with Crippen LogP contribution in [0.25, 0.3) is 0 Å². The molecule has 2 rings (SSSR count). The SMILES string of the molecule is O=C(Nc1nc(CCl)cs1)c1ccc(F)c(F)c1. The van der Waals surface area contributed by atoms with Crippen LogP contribution in [-0.4, -0.2) is 10.9 Å². The fraction of sp³-hybridized carbons (Fsp3) is 0.0909. The number of alkyl halides is 1. The summed E-state index contributed by atoms with van der Waals surface area (Å²) in [6, 6.07) is 2.93. The lowest BCUT2D eigenvalue weighted by Crippen LogP contribution is -2.12. The van der Waals surface area contributed by atoms with Gasteiger partial charge >= 0.3 is 0 Å². The first-order valence-electron chi connectivity index (χ1n) is 4.87. The van der Waals surface area contributed by atoms with Gasteiger partial charge in [-0.05, 0) is 18.2 Å². The molecule has 0 saturated heterocycles. The van der Waals surface area contributed by atoms with Crippen molar-refractivity contribution >= 4 is 34.0 Å². The third-order valence-corrected chi connectivity index (χ3v) is 3.17. The summed E-state index contributed by atoms with van der Waals surface area (Å²) in [5.41, 5.74) is 0.666. The van der Waals surface area contributed by atoms with Crippen LogP contribution in [0.15, 0.2) is 23.6 Å². The lowest BCUT2D eigenvalue weighted by molar-refractivity contribution is 0.102. The molecule has 0 fully saturated rings. The summed E-state index contributed by atoms with van der Waals surface area (Å²) in [5, 5.41) is 4.54. The molecule has 1 aromatic carbocycles. The van der Waals surface area contributed by atoms with Crippen LogP contribution in [0.4, 0.5) is 13.9 Å². The molecule has 0 aliphatic rings. The van der Waals surface area contributed by atoms with E-state index in [0.717, 1.165) is 12.1 Å². The number of amides is 1. The van der Waals surface area contributed by atoms with Crippen molar-refractivity contribution in [3.05, 3.63) is 46.5 Å². The van der Waals surface area contributed by atoms with E-state index >= 15 is 0 Å². The third-order valence-electron chi connectivity index (χ3n) is 2.09. The summed E-state index contributed by atoms with van der Waals surface area (Å²) in [6.45, 7) is 0. The number of nitrogens with zero attached hydrogens (tertiary/aromatic N) is 1. The first kappa shape index (κ1) is 12.9. The van der Waals surface area contributed by atoms with Gasteiger partial charge in [-0.2, -0.15) is 0 Å². The molecule has 7 heteroatoms. The van der Waals surface area contributed by atoms with E-state index < -0.39 is 17.5 Å². The molecule has 3 nitrogen and oxygen atoms in total. The van der Waals surface area contributed by atoms with Crippen molar-refractivity contribution in [2.24, 2.45) is 0 Å². The Balaban J connectivity index is 2.14. The zero-order valence-corrected chi connectivity index (χ0v) is 10.5. The van der Waals surface area contributed by atoms with Crippen molar-refractivity contribution in [3.8, 4) is 0 Å². The highest BCUT2D eigenvalue weighted by Gasteiger charge is 2.11. The Labute approximate surface area is 110 Å². The number of rotatable bonds is 3. The van der Waals surface area contributed by atoms with Gasteiger partial charge in [-0.3, -0.25) is 10.1 Å². The predicted octanol–water partition coefficient (Wildman–Crippen LogP) is 3.41. The van der Waals surface area contributed by atoms with E-state index in [1.807, 2.05) is 0 Å². The number of benzene rings is 1. The number of carbonyl (C=O) groups excluding carboxylic acids is 1. The van der Waals surface area contributed by atoms with Gasteiger partial charge in [0.05, 0.1) is 11.6 Å². The zero-order chi connectivity index (χ0) is 13.1. The molecular weight excluding hydrogens is 282 g/mol. The standard InChI is InChI=1S/C11H7ClF2N2OS/c12-4-7-5-18-11(15-7)16-10(17)6-1-2-8(13)9(14)3-6/h1-3,5H,4H2,(H,15,16,17). The highest BCUT2D eigenvalue weighted by molar-refractivity contribution is 7.14. The molecule has 0 bridgehead atoms. The molecule has 0 unspecified atom stereocenters. The quantitative estimate of drug-likeness (QED) is 0.880. The number of thiazole rings is 1. The largest absolute Gasteiger partial charge is 0.298 e. The average molecular weight is 289 g/mol. The van der Waals surface area contributed by atoms with Crippen LogP contribution in [-0.2, 0) is 5.88 Å². The molecule has 1 N–H and O–H groups in total. The Morgan fingerprint density at radius 2 is 2.17 bits per heavy atom. The lowest BCUT2D eigenvalue weighted by atomic mass is 10.2. The highest BCUT2D eigenvalue weighted by Crippen LogP contribution is 2.18. The number of hydrogen-bond acceptors (Lipinski definition) is 3. The highest BCUT2D eigenvalue weighted by atomic mass is 35.5. The van der Waals surface area contributed by atoms with Crippen LogP contribution in [0.1, 0.15) is 16.1 Å². The van der Waals surface area contributed by atoms with Crippen molar-refractivity contribution in [3.63, 3.8) is 0 Å². The molecule has 0 aliphatic carbocycles. The molecule has 0 saturated carbocycles. The topological polar surface area (TPSA) is 42.0 Å². The number of halogens is 3. The molecular formula is C11H7ClF2N2OS. The molecule has 0 spiro atoms. The minimum absolute atomic E-state index is 0.0246. The summed E-state index contributed by atoms with van der Waals surface area (Å²) in [5.74, 6) is -2.37. The number of anilines is 1. The number of carbonyl (C=O) groups is 1. The fourth-order valence-corrected chi connectivity index (χ4v) is 2.17. The second kappa shape index (κ2) is 5.41. The van der Waals surface area contributed by atoms with Gasteiger partial charge in [-0.25, -0.2) is 13.8 Å². The molecule has 1 aromatic heterocycles. The number of hydrogen-bond donors (Lipinski definition) is 1. The van der Waals surface area contributed by atoms with Crippen LogP contribution < -0.4 is 5.32 Å². The molecule has 0 radical (unpaired) electrons. The second-order valence-electron chi connectivity index (χ2n) is 3.36. The first-order valence-corrected chi connectivity index (χ1v) is 6.28. The van der Waals surface area contributed by atoms with E-state index in [1.54, 1.807) is 5.38 Å². The molecule has 0 atom stereocenters. The van der Waals surface area contributed by atoms with Crippen LogP contribution in [0.3, 0.4) is 0 Å². The maximum atomic E-state index is 13.0. The first-order chi connectivity index (χ1) is 8.60. The fourth-order valence-electron chi connectivity index (χ4n) is 1.23. The van der Waals surface area contributed by atoms with Crippen LogP contribution in [0.2, 0.25) is 0 Å². The van der Waals surface area contributed by atoms with Gasteiger partial charge in [-0.15, -0.1) is 22.9 Å². The summed E-state index contributed by atoms with van der Waals surface area (Å²) in [7, 11) is 0. The molecule has 1 heterocycles. The van der Waals surface area contributed by atoms with Gasteiger partial charge in [0.25, 0.3) is 5.91 Å². The van der Waals surface area contributed by atoms with Gasteiger partial charge in [0.1, 0.15) is 0 Å². The zero-order valence-electron chi connectivity index (χ0n) is 8.91.